The number of hydrogen-bond donors (Lipinski definition) is 3. The van der Waals surface area contributed by atoms with Crippen molar-refractivity contribution in [1.82, 2.24) is 30.2 Å². The van der Waals surface area contributed by atoms with Crippen molar-refractivity contribution in [2.24, 2.45) is 5.92 Å². The summed E-state index contributed by atoms with van der Waals surface area (Å²) < 4.78 is 1.59. The summed E-state index contributed by atoms with van der Waals surface area (Å²) in [5, 5.41) is 15.1. The Balaban J connectivity index is 2.10. The first kappa shape index (κ1) is 23.6. The van der Waals surface area contributed by atoms with Gasteiger partial charge in [-0.1, -0.05) is 55.8 Å². The Kier molecular flexibility index (Phi) is 7.10. The van der Waals surface area contributed by atoms with Crippen molar-refractivity contribution < 1.29 is 9.90 Å². The molecule has 170 valence electrons. The zero-order chi connectivity index (χ0) is 23.5. The van der Waals surface area contributed by atoms with Crippen LogP contribution in [0.3, 0.4) is 0 Å². The van der Waals surface area contributed by atoms with E-state index in [9.17, 15) is 9.59 Å². The molecule has 2 heterocycles. The second kappa shape index (κ2) is 9.62. The smallest absolute Gasteiger partial charge is 0.405 e. The van der Waals surface area contributed by atoms with Crippen molar-refractivity contribution in [3.63, 3.8) is 0 Å². The van der Waals surface area contributed by atoms with Crippen LogP contribution in [0.5, 0.6) is 0 Å². The summed E-state index contributed by atoms with van der Waals surface area (Å²) in [7, 11) is 0. The molecule has 0 bridgehead atoms. The molecule has 0 radical (unpaired) electrons. The highest BCUT2D eigenvalue weighted by Crippen LogP contribution is 2.22. The number of halogens is 1. The van der Waals surface area contributed by atoms with E-state index in [0.29, 0.717) is 18.9 Å². The van der Waals surface area contributed by atoms with Gasteiger partial charge >= 0.3 is 6.09 Å². The highest BCUT2D eigenvalue weighted by molar-refractivity contribution is 6.29. The van der Waals surface area contributed by atoms with Crippen molar-refractivity contribution in [2.45, 2.75) is 45.8 Å². The van der Waals surface area contributed by atoms with E-state index in [1.165, 1.54) is 6.20 Å². The predicted molar refractivity (Wildman–Crippen MR) is 123 cm³/mol. The van der Waals surface area contributed by atoms with Crippen LogP contribution in [-0.4, -0.2) is 42.8 Å². The van der Waals surface area contributed by atoms with Gasteiger partial charge in [0.25, 0.3) is 5.56 Å². The molecule has 9 nitrogen and oxygen atoms in total. The summed E-state index contributed by atoms with van der Waals surface area (Å²) >= 11 is 6.00. The van der Waals surface area contributed by atoms with Crippen LogP contribution < -0.4 is 16.2 Å². The highest BCUT2D eigenvalue weighted by atomic mass is 35.5. The van der Waals surface area contributed by atoms with Crippen LogP contribution in [0.2, 0.25) is 5.15 Å². The highest BCUT2D eigenvalue weighted by Gasteiger charge is 2.27. The van der Waals surface area contributed by atoms with E-state index in [-0.39, 0.29) is 33.8 Å². The Hall–Kier alpha value is -3.04. The average molecular weight is 459 g/mol. The minimum atomic E-state index is -1.10. The second-order valence-electron chi connectivity index (χ2n) is 8.63. The van der Waals surface area contributed by atoms with Gasteiger partial charge in [-0.3, -0.25) is 9.36 Å². The molecule has 1 amide bonds. The fraction of sp³-hybridized carbons (Fsp3) is 0.409. The van der Waals surface area contributed by atoms with E-state index in [1.807, 2.05) is 44.2 Å². The lowest BCUT2D eigenvalue weighted by Gasteiger charge is -2.31. The van der Waals surface area contributed by atoms with Crippen LogP contribution in [0, 0.1) is 5.92 Å². The van der Waals surface area contributed by atoms with Gasteiger partial charge in [0.05, 0.1) is 24.3 Å². The lowest BCUT2D eigenvalue weighted by atomic mass is 10.00. The molecule has 2 aromatic heterocycles. The number of rotatable bonds is 8. The molecule has 0 aliphatic heterocycles. The molecule has 3 N–H and O–H groups in total. The summed E-state index contributed by atoms with van der Waals surface area (Å²) in [6.07, 6.45) is 0.227. The first-order valence-electron chi connectivity index (χ1n) is 10.3. The van der Waals surface area contributed by atoms with Crippen molar-refractivity contribution in [1.29, 1.82) is 0 Å². The van der Waals surface area contributed by atoms with Gasteiger partial charge in [0.15, 0.2) is 11.2 Å². The fourth-order valence-corrected chi connectivity index (χ4v) is 3.60. The molecule has 0 aliphatic rings. The largest absolute Gasteiger partial charge is 0.465 e. The zero-order valence-electron chi connectivity index (χ0n) is 18.5. The normalized spacial score (nSPS) is 12.8. The number of benzene rings is 1. The van der Waals surface area contributed by atoms with Gasteiger partial charge in [0, 0.05) is 6.54 Å². The maximum Gasteiger partial charge on any atom is 0.405 e. The number of nitrogens with zero attached hydrogens (tertiary/aromatic N) is 4. The van der Waals surface area contributed by atoms with E-state index in [2.05, 4.69) is 25.6 Å². The van der Waals surface area contributed by atoms with Crippen LogP contribution in [0.1, 0.15) is 45.1 Å². The molecular weight excluding hydrogens is 432 g/mol. The van der Waals surface area contributed by atoms with Gasteiger partial charge in [-0.15, -0.1) is 0 Å². The summed E-state index contributed by atoms with van der Waals surface area (Å²) in [4.78, 5) is 37.6. The standard InChI is InChI=1S/C22H27ClN6O3/c1-13(2)16(25-12-22(3,4)28-21(31)32)19-27-18-17(24-10-15(23)26-18)20(30)29(19)11-14-8-6-5-7-9-14/h5-10,13,16,25,28H,11-12H2,1-4H3,(H,31,32). The lowest BCUT2D eigenvalue weighted by molar-refractivity contribution is 0.180. The fourth-order valence-electron chi connectivity index (χ4n) is 3.47. The predicted octanol–water partition coefficient (Wildman–Crippen LogP) is 3.22. The SMILES string of the molecule is CC(C)C(NCC(C)(C)NC(=O)O)c1nc2nc(Cl)cnc2c(=O)n1Cc1ccccc1. The number of nitrogens with one attached hydrogen (secondary N) is 2. The number of carbonyl (C=O) groups is 1. The van der Waals surface area contributed by atoms with Crippen LogP contribution in [0.4, 0.5) is 4.79 Å². The molecule has 0 fully saturated rings. The first-order chi connectivity index (χ1) is 15.1. The summed E-state index contributed by atoms with van der Waals surface area (Å²) in [6.45, 7) is 8.19. The Morgan fingerprint density at radius 1 is 1.22 bits per heavy atom. The van der Waals surface area contributed by atoms with Crippen molar-refractivity contribution in [3.8, 4) is 0 Å². The zero-order valence-corrected chi connectivity index (χ0v) is 19.2. The molecule has 0 saturated heterocycles. The number of carboxylic acid groups (broad SMARTS) is 1. The Bertz CT molecular complexity index is 1160. The first-order valence-corrected chi connectivity index (χ1v) is 10.7. The van der Waals surface area contributed by atoms with E-state index in [1.54, 1.807) is 18.4 Å². The number of fused-ring (bicyclic) bond motifs is 1. The van der Waals surface area contributed by atoms with Gasteiger partial charge in [-0.2, -0.15) is 0 Å². The summed E-state index contributed by atoms with van der Waals surface area (Å²) in [5.74, 6) is 0.526. The molecule has 0 spiro atoms. The quantitative estimate of drug-likeness (QED) is 0.473. The Morgan fingerprint density at radius 3 is 2.53 bits per heavy atom. The lowest BCUT2D eigenvalue weighted by Crippen LogP contribution is -2.51. The molecule has 0 saturated carbocycles. The maximum atomic E-state index is 13.4. The van der Waals surface area contributed by atoms with E-state index in [4.69, 9.17) is 16.7 Å². The summed E-state index contributed by atoms with van der Waals surface area (Å²) in [6, 6.07) is 9.25. The Morgan fingerprint density at radius 2 is 1.91 bits per heavy atom. The van der Waals surface area contributed by atoms with Crippen LogP contribution in [0.15, 0.2) is 41.3 Å². The third kappa shape index (κ3) is 5.60. The molecular formula is C22H27ClN6O3. The average Bonchev–Trinajstić information content (AvgIpc) is 2.70. The van der Waals surface area contributed by atoms with Crippen molar-refractivity contribution >= 4 is 28.9 Å². The molecule has 3 rings (SSSR count). The van der Waals surface area contributed by atoms with Gasteiger partial charge in [-0.25, -0.2) is 19.7 Å². The van der Waals surface area contributed by atoms with Gasteiger partial charge < -0.3 is 15.7 Å². The van der Waals surface area contributed by atoms with Gasteiger partial charge in [0.2, 0.25) is 0 Å². The van der Waals surface area contributed by atoms with Crippen molar-refractivity contribution in [2.75, 3.05) is 6.54 Å². The molecule has 0 aliphatic carbocycles. The Labute approximate surface area is 190 Å². The van der Waals surface area contributed by atoms with E-state index >= 15 is 0 Å². The topological polar surface area (TPSA) is 122 Å². The van der Waals surface area contributed by atoms with Crippen molar-refractivity contribution in [3.05, 3.63) is 63.4 Å². The third-order valence-electron chi connectivity index (χ3n) is 5.01. The van der Waals surface area contributed by atoms with Gasteiger partial charge in [-0.05, 0) is 25.3 Å². The third-order valence-corrected chi connectivity index (χ3v) is 5.19. The van der Waals surface area contributed by atoms with Gasteiger partial charge in [0.1, 0.15) is 11.0 Å². The molecule has 3 aromatic rings. The van der Waals surface area contributed by atoms with Crippen LogP contribution >= 0.6 is 11.6 Å². The maximum absolute atomic E-state index is 13.4. The minimum Gasteiger partial charge on any atom is -0.465 e. The number of aromatic nitrogens is 4. The van der Waals surface area contributed by atoms with E-state index < -0.39 is 11.6 Å². The second-order valence-corrected chi connectivity index (χ2v) is 9.02. The van der Waals surface area contributed by atoms with E-state index in [0.717, 1.165) is 5.56 Å². The van der Waals surface area contributed by atoms with Crippen LogP contribution in [0.25, 0.3) is 11.2 Å². The monoisotopic (exact) mass is 458 g/mol. The molecule has 1 aromatic carbocycles. The molecule has 1 unspecified atom stereocenters. The molecule has 1 atom stereocenters. The summed E-state index contributed by atoms with van der Waals surface area (Å²) in [5.41, 5.74) is 0.216. The number of hydrogen-bond acceptors (Lipinski definition) is 6. The number of amides is 1. The minimum absolute atomic E-state index is 0.0362. The van der Waals surface area contributed by atoms with Crippen LogP contribution in [-0.2, 0) is 6.54 Å². The molecule has 10 heteroatoms. The molecule has 32 heavy (non-hydrogen) atoms.